The molecule has 0 saturated heterocycles. The molecule has 1 amide bonds. The first-order valence-corrected chi connectivity index (χ1v) is 7.92. The molecule has 0 aliphatic rings. The van der Waals surface area contributed by atoms with E-state index in [1.165, 1.54) is 25.4 Å². The molecule has 1 atom stereocenters. The molecule has 0 aromatic carbocycles. The SMILES string of the molecule is CCC(C)(C)NC(=O)C(C)S(=O)(=O)c1ccncc1N. The summed E-state index contributed by atoms with van der Waals surface area (Å²) in [4.78, 5) is 15.8. The van der Waals surface area contributed by atoms with Crippen LogP contribution in [0.25, 0.3) is 0 Å². The normalized spacial score (nSPS) is 13.8. The fourth-order valence-corrected chi connectivity index (χ4v) is 2.86. The van der Waals surface area contributed by atoms with Crippen LogP contribution >= 0.6 is 0 Å². The number of nitrogens with one attached hydrogen (secondary N) is 1. The van der Waals surface area contributed by atoms with Crippen molar-refractivity contribution in [3.8, 4) is 0 Å². The highest BCUT2D eigenvalue weighted by atomic mass is 32.2. The molecule has 0 bridgehead atoms. The fourth-order valence-electron chi connectivity index (χ4n) is 1.51. The third-order valence-electron chi connectivity index (χ3n) is 3.30. The number of aromatic nitrogens is 1. The number of amides is 1. The zero-order chi connectivity index (χ0) is 15.6. The maximum Gasteiger partial charge on any atom is 0.238 e. The third-order valence-corrected chi connectivity index (χ3v) is 5.43. The van der Waals surface area contributed by atoms with Gasteiger partial charge in [0, 0.05) is 11.7 Å². The van der Waals surface area contributed by atoms with Crippen LogP contribution in [0.3, 0.4) is 0 Å². The van der Waals surface area contributed by atoms with Crippen LogP contribution in [0.1, 0.15) is 34.1 Å². The Bertz CT molecular complexity index is 597. The molecule has 1 aromatic heterocycles. The quantitative estimate of drug-likeness (QED) is 0.848. The van der Waals surface area contributed by atoms with Crippen molar-refractivity contribution in [3.63, 3.8) is 0 Å². The molecule has 1 heterocycles. The van der Waals surface area contributed by atoms with Gasteiger partial charge in [-0.05, 0) is 33.3 Å². The first kappa shape index (κ1) is 16.4. The monoisotopic (exact) mass is 299 g/mol. The molecule has 0 fully saturated rings. The lowest BCUT2D eigenvalue weighted by atomic mass is 10.0. The Hall–Kier alpha value is -1.63. The molecular formula is C13H21N3O3S. The molecule has 0 saturated carbocycles. The molecule has 112 valence electrons. The molecule has 1 aromatic rings. The molecule has 3 N–H and O–H groups in total. The summed E-state index contributed by atoms with van der Waals surface area (Å²) in [5.74, 6) is -0.534. The highest BCUT2D eigenvalue weighted by Gasteiger charge is 2.33. The predicted octanol–water partition coefficient (Wildman–Crippen LogP) is 1.13. The number of sulfone groups is 1. The van der Waals surface area contributed by atoms with Crippen LogP contribution in [0, 0.1) is 0 Å². The molecular weight excluding hydrogens is 278 g/mol. The third kappa shape index (κ3) is 3.47. The Balaban J connectivity index is 3.05. The van der Waals surface area contributed by atoms with E-state index in [2.05, 4.69) is 10.3 Å². The summed E-state index contributed by atoms with van der Waals surface area (Å²) in [5, 5.41) is 1.52. The van der Waals surface area contributed by atoms with E-state index in [1.54, 1.807) is 0 Å². The van der Waals surface area contributed by atoms with E-state index in [1.807, 2.05) is 20.8 Å². The van der Waals surface area contributed by atoms with Gasteiger partial charge in [-0.15, -0.1) is 0 Å². The molecule has 6 nitrogen and oxygen atoms in total. The van der Waals surface area contributed by atoms with Crippen molar-refractivity contribution < 1.29 is 13.2 Å². The Morgan fingerprint density at radius 2 is 2.10 bits per heavy atom. The Morgan fingerprint density at radius 1 is 1.50 bits per heavy atom. The van der Waals surface area contributed by atoms with Gasteiger partial charge in [-0.1, -0.05) is 6.92 Å². The van der Waals surface area contributed by atoms with Crippen molar-refractivity contribution in [1.82, 2.24) is 10.3 Å². The van der Waals surface area contributed by atoms with Crippen LogP contribution in [-0.2, 0) is 14.6 Å². The zero-order valence-electron chi connectivity index (χ0n) is 12.2. The zero-order valence-corrected chi connectivity index (χ0v) is 13.0. The Morgan fingerprint density at radius 3 is 2.60 bits per heavy atom. The van der Waals surface area contributed by atoms with Crippen molar-refractivity contribution in [2.45, 2.75) is 49.8 Å². The number of hydrogen-bond acceptors (Lipinski definition) is 5. The number of pyridine rings is 1. The minimum atomic E-state index is -3.83. The van der Waals surface area contributed by atoms with Gasteiger partial charge in [-0.25, -0.2) is 8.42 Å². The molecule has 0 aliphatic heterocycles. The van der Waals surface area contributed by atoms with Gasteiger partial charge in [-0.2, -0.15) is 0 Å². The Labute approximate surface area is 119 Å². The first-order valence-electron chi connectivity index (χ1n) is 6.37. The van der Waals surface area contributed by atoms with Gasteiger partial charge in [0.15, 0.2) is 9.84 Å². The minimum absolute atomic E-state index is 0.0434. The molecule has 1 rings (SSSR count). The van der Waals surface area contributed by atoms with Gasteiger partial charge in [0.2, 0.25) is 5.91 Å². The summed E-state index contributed by atoms with van der Waals surface area (Å²) < 4.78 is 24.8. The highest BCUT2D eigenvalue weighted by Crippen LogP contribution is 2.22. The van der Waals surface area contributed by atoms with Crippen molar-refractivity contribution >= 4 is 21.4 Å². The van der Waals surface area contributed by atoms with E-state index in [0.29, 0.717) is 6.42 Å². The van der Waals surface area contributed by atoms with Crippen molar-refractivity contribution in [3.05, 3.63) is 18.5 Å². The molecule has 20 heavy (non-hydrogen) atoms. The van der Waals surface area contributed by atoms with Gasteiger partial charge in [0.25, 0.3) is 0 Å². The Kier molecular flexibility index (Phi) is 4.75. The fraction of sp³-hybridized carbons (Fsp3) is 0.538. The van der Waals surface area contributed by atoms with Crippen LogP contribution in [0.5, 0.6) is 0 Å². The van der Waals surface area contributed by atoms with E-state index < -0.39 is 26.5 Å². The molecule has 1 unspecified atom stereocenters. The van der Waals surface area contributed by atoms with Crippen molar-refractivity contribution in [1.29, 1.82) is 0 Å². The lowest BCUT2D eigenvalue weighted by Crippen LogP contribution is -2.48. The number of carbonyl (C=O) groups excluding carboxylic acids is 1. The average molecular weight is 299 g/mol. The van der Waals surface area contributed by atoms with Crippen LogP contribution in [0.15, 0.2) is 23.4 Å². The predicted molar refractivity (Wildman–Crippen MR) is 77.8 cm³/mol. The standard InChI is InChI=1S/C13H21N3O3S/c1-5-13(3,4)16-12(17)9(2)20(18,19)11-6-7-15-8-10(11)14/h6-9H,5,14H2,1-4H3,(H,16,17). The molecule has 0 radical (unpaired) electrons. The topological polar surface area (TPSA) is 102 Å². The first-order chi connectivity index (χ1) is 9.12. The average Bonchev–Trinajstić information content (AvgIpc) is 2.37. The molecule has 0 aliphatic carbocycles. The number of carbonyl (C=O) groups is 1. The summed E-state index contributed by atoms with van der Waals surface area (Å²) in [6, 6.07) is 1.30. The van der Waals surface area contributed by atoms with Crippen LogP contribution in [0.2, 0.25) is 0 Å². The summed E-state index contributed by atoms with van der Waals surface area (Å²) in [6.45, 7) is 6.95. The summed E-state index contributed by atoms with van der Waals surface area (Å²) in [5.41, 5.74) is 5.21. The van der Waals surface area contributed by atoms with E-state index in [4.69, 9.17) is 5.73 Å². The van der Waals surface area contributed by atoms with Gasteiger partial charge in [0.1, 0.15) is 5.25 Å². The van der Waals surface area contributed by atoms with Gasteiger partial charge in [0.05, 0.1) is 16.8 Å². The van der Waals surface area contributed by atoms with E-state index in [9.17, 15) is 13.2 Å². The highest BCUT2D eigenvalue weighted by molar-refractivity contribution is 7.93. The second-order valence-corrected chi connectivity index (χ2v) is 7.56. The van der Waals surface area contributed by atoms with Gasteiger partial charge in [-0.3, -0.25) is 9.78 Å². The van der Waals surface area contributed by atoms with Crippen LogP contribution in [0.4, 0.5) is 5.69 Å². The minimum Gasteiger partial charge on any atom is -0.396 e. The van der Waals surface area contributed by atoms with Crippen LogP contribution < -0.4 is 11.1 Å². The number of nitrogen functional groups attached to an aromatic ring is 1. The molecule has 0 spiro atoms. The molecule has 7 heteroatoms. The van der Waals surface area contributed by atoms with E-state index >= 15 is 0 Å². The number of hydrogen-bond donors (Lipinski definition) is 2. The van der Waals surface area contributed by atoms with Gasteiger partial charge >= 0.3 is 0 Å². The maximum absolute atomic E-state index is 12.4. The summed E-state index contributed by atoms with van der Waals surface area (Å²) >= 11 is 0. The summed E-state index contributed by atoms with van der Waals surface area (Å²) in [6.07, 6.45) is 3.29. The smallest absolute Gasteiger partial charge is 0.238 e. The van der Waals surface area contributed by atoms with E-state index in [-0.39, 0.29) is 10.6 Å². The number of anilines is 1. The van der Waals surface area contributed by atoms with Gasteiger partial charge < -0.3 is 11.1 Å². The second kappa shape index (κ2) is 5.78. The summed E-state index contributed by atoms with van der Waals surface area (Å²) in [7, 11) is -3.83. The van der Waals surface area contributed by atoms with Crippen LogP contribution in [-0.4, -0.2) is 30.1 Å². The van der Waals surface area contributed by atoms with E-state index in [0.717, 1.165) is 0 Å². The van der Waals surface area contributed by atoms with Crippen molar-refractivity contribution in [2.75, 3.05) is 5.73 Å². The second-order valence-electron chi connectivity index (χ2n) is 5.33. The lowest BCUT2D eigenvalue weighted by molar-refractivity contribution is -0.122. The van der Waals surface area contributed by atoms with Crippen molar-refractivity contribution in [2.24, 2.45) is 0 Å². The largest absolute Gasteiger partial charge is 0.396 e. The number of nitrogens with zero attached hydrogens (tertiary/aromatic N) is 1. The maximum atomic E-state index is 12.4. The lowest BCUT2D eigenvalue weighted by Gasteiger charge is -2.26. The number of rotatable bonds is 5. The number of nitrogens with two attached hydrogens (primary N) is 1.